The number of morpholine rings is 1. The van der Waals surface area contributed by atoms with Crippen LogP contribution in [-0.2, 0) is 14.8 Å². The molecule has 8 heteroatoms. The number of esters is 1. The highest BCUT2D eigenvalue weighted by molar-refractivity contribution is 7.89. The number of halogens is 1. The van der Waals surface area contributed by atoms with Crippen molar-refractivity contribution in [1.29, 1.82) is 0 Å². The Kier molecular flexibility index (Phi) is 5.12. The number of carbonyl (C=O) groups is 1. The predicted molar refractivity (Wildman–Crippen MR) is 87.4 cm³/mol. The van der Waals surface area contributed by atoms with Crippen molar-refractivity contribution in [2.24, 2.45) is 0 Å². The first kappa shape index (κ1) is 17.5. The lowest BCUT2D eigenvalue weighted by Crippen LogP contribution is -2.40. The van der Waals surface area contributed by atoms with E-state index in [-0.39, 0.29) is 16.2 Å². The number of nitrogens with zero attached hydrogens (tertiary/aromatic N) is 1. The van der Waals surface area contributed by atoms with Crippen LogP contribution in [0.4, 0.5) is 4.39 Å². The highest BCUT2D eigenvalue weighted by atomic mass is 32.2. The second kappa shape index (κ2) is 7.30. The average Bonchev–Trinajstić information content (AvgIpc) is 2.63. The molecule has 132 valence electrons. The molecule has 0 N–H and O–H groups in total. The summed E-state index contributed by atoms with van der Waals surface area (Å²) < 4.78 is 49.5. The summed E-state index contributed by atoms with van der Waals surface area (Å²) in [5.41, 5.74) is 0.200. The summed E-state index contributed by atoms with van der Waals surface area (Å²) in [5, 5.41) is 0. The van der Waals surface area contributed by atoms with Crippen LogP contribution in [0.3, 0.4) is 0 Å². The van der Waals surface area contributed by atoms with Crippen molar-refractivity contribution in [1.82, 2.24) is 4.31 Å². The van der Waals surface area contributed by atoms with E-state index in [1.807, 2.05) is 0 Å². The van der Waals surface area contributed by atoms with E-state index in [1.165, 1.54) is 40.7 Å². The molecule has 1 aliphatic rings. The van der Waals surface area contributed by atoms with Gasteiger partial charge in [-0.05, 0) is 48.5 Å². The molecule has 2 aromatic rings. The lowest BCUT2D eigenvalue weighted by molar-refractivity contribution is 0.0728. The van der Waals surface area contributed by atoms with Crippen LogP contribution in [0.2, 0.25) is 0 Å². The number of hydrogen-bond acceptors (Lipinski definition) is 5. The maximum absolute atomic E-state index is 12.9. The van der Waals surface area contributed by atoms with Crippen molar-refractivity contribution in [3.05, 3.63) is 59.9 Å². The summed E-state index contributed by atoms with van der Waals surface area (Å²) in [6.07, 6.45) is 0. The SMILES string of the molecule is O=C(Oc1ccc(S(=O)(=O)N2CCOCC2)cc1)c1ccc(F)cc1. The van der Waals surface area contributed by atoms with Gasteiger partial charge < -0.3 is 9.47 Å². The van der Waals surface area contributed by atoms with Crippen LogP contribution in [0.15, 0.2) is 53.4 Å². The summed E-state index contributed by atoms with van der Waals surface area (Å²) in [5.74, 6) is -0.895. The zero-order chi connectivity index (χ0) is 17.9. The molecule has 0 amide bonds. The topological polar surface area (TPSA) is 72.9 Å². The van der Waals surface area contributed by atoms with E-state index < -0.39 is 21.8 Å². The van der Waals surface area contributed by atoms with E-state index >= 15 is 0 Å². The lowest BCUT2D eigenvalue weighted by atomic mass is 10.2. The van der Waals surface area contributed by atoms with E-state index in [0.717, 1.165) is 12.1 Å². The van der Waals surface area contributed by atoms with Gasteiger partial charge in [-0.15, -0.1) is 0 Å². The second-order valence-electron chi connectivity index (χ2n) is 5.38. The molecule has 6 nitrogen and oxygen atoms in total. The molecule has 3 rings (SSSR count). The van der Waals surface area contributed by atoms with Crippen LogP contribution >= 0.6 is 0 Å². The molecular formula is C17H16FNO5S. The molecule has 0 spiro atoms. The maximum atomic E-state index is 12.9. The van der Waals surface area contributed by atoms with E-state index in [0.29, 0.717) is 26.3 Å². The fourth-order valence-electron chi connectivity index (χ4n) is 2.37. The zero-order valence-corrected chi connectivity index (χ0v) is 14.0. The molecule has 1 heterocycles. The molecule has 0 saturated carbocycles. The number of rotatable bonds is 4. The Morgan fingerprint density at radius 2 is 1.60 bits per heavy atom. The van der Waals surface area contributed by atoms with Crippen molar-refractivity contribution >= 4 is 16.0 Å². The molecule has 0 aliphatic carbocycles. The quantitative estimate of drug-likeness (QED) is 0.613. The molecule has 25 heavy (non-hydrogen) atoms. The Balaban J connectivity index is 1.71. The van der Waals surface area contributed by atoms with Gasteiger partial charge in [0.15, 0.2) is 0 Å². The van der Waals surface area contributed by atoms with Crippen LogP contribution in [-0.4, -0.2) is 45.0 Å². The highest BCUT2D eigenvalue weighted by Crippen LogP contribution is 2.21. The summed E-state index contributed by atoms with van der Waals surface area (Å²) in [7, 11) is -3.59. The van der Waals surface area contributed by atoms with E-state index in [1.54, 1.807) is 0 Å². The number of hydrogen-bond donors (Lipinski definition) is 0. The molecule has 0 radical (unpaired) electrons. The first-order valence-electron chi connectivity index (χ1n) is 7.62. The third kappa shape index (κ3) is 4.04. The van der Waals surface area contributed by atoms with Gasteiger partial charge in [0.05, 0.1) is 23.7 Å². The number of ether oxygens (including phenoxy) is 2. The van der Waals surface area contributed by atoms with Crippen molar-refractivity contribution in [2.75, 3.05) is 26.3 Å². The third-order valence-corrected chi connectivity index (χ3v) is 5.63. The minimum Gasteiger partial charge on any atom is -0.423 e. The predicted octanol–water partition coefficient (Wildman–Crippen LogP) is 2.07. The Morgan fingerprint density at radius 3 is 2.20 bits per heavy atom. The Hall–Kier alpha value is -2.29. The highest BCUT2D eigenvalue weighted by Gasteiger charge is 2.26. The normalized spacial score (nSPS) is 15.7. The summed E-state index contributed by atoms with van der Waals surface area (Å²) in [4.78, 5) is 12.1. The van der Waals surface area contributed by atoms with Gasteiger partial charge in [0.2, 0.25) is 10.0 Å². The largest absolute Gasteiger partial charge is 0.423 e. The second-order valence-corrected chi connectivity index (χ2v) is 7.32. The number of carbonyl (C=O) groups excluding carboxylic acids is 1. The van der Waals surface area contributed by atoms with E-state index in [4.69, 9.17) is 9.47 Å². The van der Waals surface area contributed by atoms with Gasteiger partial charge in [-0.2, -0.15) is 4.31 Å². The maximum Gasteiger partial charge on any atom is 0.343 e. The van der Waals surface area contributed by atoms with Crippen LogP contribution in [0.5, 0.6) is 5.75 Å². The Bertz CT molecular complexity index is 844. The summed E-state index contributed by atoms with van der Waals surface area (Å²) in [6.45, 7) is 1.35. The molecule has 1 saturated heterocycles. The molecule has 1 aliphatic heterocycles. The van der Waals surface area contributed by atoms with Gasteiger partial charge in [0, 0.05) is 13.1 Å². The third-order valence-electron chi connectivity index (χ3n) is 3.72. The van der Waals surface area contributed by atoms with Crippen molar-refractivity contribution in [3.8, 4) is 5.75 Å². The molecule has 1 fully saturated rings. The molecular weight excluding hydrogens is 349 g/mol. The van der Waals surface area contributed by atoms with Crippen molar-refractivity contribution in [2.45, 2.75) is 4.90 Å². The fourth-order valence-corrected chi connectivity index (χ4v) is 3.78. The van der Waals surface area contributed by atoms with Crippen LogP contribution < -0.4 is 4.74 Å². The zero-order valence-electron chi connectivity index (χ0n) is 13.2. The van der Waals surface area contributed by atoms with Gasteiger partial charge >= 0.3 is 5.97 Å². The molecule has 0 bridgehead atoms. The van der Waals surface area contributed by atoms with E-state index in [9.17, 15) is 17.6 Å². The van der Waals surface area contributed by atoms with Crippen LogP contribution in [0.25, 0.3) is 0 Å². The molecule has 0 aromatic heterocycles. The molecule has 2 aromatic carbocycles. The van der Waals surface area contributed by atoms with Crippen molar-refractivity contribution in [3.63, 3.8) is 0 Å². The average molecular weight is 365 g/mol. The Morgan fingerprint density at radius 1 is 1.00 bits per heavy atom. The summed E-state index contributed by atoms with van der Waals surface area (Å²) in [6, 6.07) is 10.5. The minimum absolute atomic E-state index is 0.121. The standard InChI is InChI=1S/C17H16FNO5S/c18-14-3-1-13(2-4-14)17(20)24-15-5-7-16(8-6-15)25(21,22)19-9-11-23-12-10-19/h1-8H,9-12H2. The Labute approximate surface area is 144 Å². The minimum atomic E-state index is -3.59. The van der Waals surface area contributed by atoms with Gasteiger partial charge in [0.1, 0.15) is 11.6 Å². The number of sulfonamides is 1. The van der Waals surface area contributed by atoms with E-state index in [2.05, 4.69) is 0 Å². The van der Waals surface area contributed by atoms with Gasteiger partial charge in [-0.3, -0.25) is 0 Å². The monoisotopic (exact) mass is 365 g/mol. The fraction of sp³-hybridized carbons (Fsp3) is 0.235. The number of benzene rings is 2. The summed E-state index contributed by atoms with van der Waals surface area (Å²) >= 11 is 0. The van der Waals surface area contributed by atoms with Crippen molar-refractivity contribution < 1.29 is 27.1 Å². The molecule has 0 unspecified atom stereocenters. The first-order valence-corrected chi connectivity index (χ1v) is 9.06. The lowest BCUT2D eigenvalue weighted by Gasteiger charge is -2.26. The molecule has 0 atom stereocenters. The first-order chi connectivity index (χ1) is 12.0. The smallest absolute Gasteiger partial charge is 0.343 e. The van der Waals surface area contributed by atoms with Crippen LogP contribution in [0, 0.1) is 5.82 Å². The van der Waals surface area contributed by atoms with Gasteiger partial charge in [-0.25, -0.2) is 17.6 Å². The van der Waals surface area contributed by atoms with Gasteiger partial charge in [-0.1, -0.05) is 0 Å². The van der Waals surface area contributed by atoms with Gasteiger partial charge in [0.25, 0.3) is 0 Å². The van der Waals surface area contributed by atoms with Crippen LogP contribution in [0.1, 0.15) is 10.4 Å².